The molecule has 1 aliphatic rings. The van der Waals surface area contributed by atoms with Gasteiger partial charge in [0.1, 0.15) is 24.4 Å². The lowest BCUT2D eigenvalue weighted by molar-refractivity contribution is -0.148. The number of nitrogens with zero attached hydrogens (tertiary/aromatic N) is 1. The van der Waals surface area contributed by atoms with Gasteiger partial charge >= 0.3 is 12.0 Å². The van der Waals surface area contributed by atoms with E-state index in [2.05, 4.69) is 5.32 Å². The van der Waals surface area contributed by atoms with E-state index in [1.165, 1.54) is 14.0 Å². The molecular formula is C20H26N2O6. The number of ketones is 1. The van der Waals surface area contributed by atoms with Crippen LogP contribution in [0.3, 0.4) is 0 Å². The van der Waals surface area contributed by atoms with Crippen LogP contribution in [-0.4, -0.2) is 47.8 Å². The zero-order valence-electron chi connectivity index (χ0n) is 16.7. The summed E-state index contributed by atoms with van der Waals surface area (Å²) in [5.74, 6) is -0.807. The molecule has 0 aromatic heterocycles. The smallest absolute Gasteiger partial charge is 0.326 e. The maximum absolute atomic E-state index is 12.6. The van der Waals surface area contributed by atoms with Crippen LogP contribution in [0, 0.1) is 0 Å². The number of amides is 3. The van der Waals surface area contributed by atoms with Gasteiger partial charge in [-0.3, -0.25) is 19.3 Å². The first-order chi connectivity index (χ1) is 13.2. The molecule has 28 heavy (non-hydrogen) atoms. The van der Waals surface area contributed by atoms with E-state index in [1.807, 2.05) is 6.92 Å². The quantitative estimate of drug-likeness (QED) is 0.395. The number of esters is 1. The Morgan fingerprint density at radius 3 is 2.57 bits per heavy atom. The predicted octanol–water partition coefficient (Wildman–Crippen LogP) is 2.44. The molecule has 1 aliphatic heterocycles. The number of imide groups is 1. The molecule has 8 nitrogen and oxygen atoms in total. The molecule has 0 spiro atoms. The van der Waals surface area contributed by atoms with Gasteiger partial charge in [0.2, 0.25) is 0 Å². The SMILES string of the molecule is CCCC[C@]1(C)NC(=O)N(CC(=O)OCc2cc(C(C)=O)ccc2OC)C1=O. The van der Waals surface area contributed by atoms with E-state index in [4.69, 9.17) is 9.47 Å². The van der Waals surface area contributed by atoms with E-state index in [0.717, 1.165) is 17.7 Å². The van der Waals surface area contributed by atoms with Crippen molar-refractivity contribution in [3.05, 3.63) is 29.3 Å². The van der Waals surface area contributed by atoms with Crippen molar-refractivity contribution < 1.29 is 28.7 Å². The maximum atomic E-state index is 12.6. The van der Waals surface area contributed by atoms with E-state index in [1.54, 1.807) is 25.1 Å². The molecule has 1 atom stereocenters. The number of ether oxygens (including phenoxy) is 2. The highest BCUT2D eigenvalue weighted by Crippen LogP contribution is 2.24. The molecule has 1 saturated heterocycles. The molecule has 0 unspecified atom stereocenters. The van der Waals surface area contributed by atoms with E-state index >= 15 is 0 Å². The summed E-state index contributed by atoms with van der Waals surface area (Å²) in [5.41, 5.74) is -0.00644. The highest BCUT2D eigenvalue weighted by atomic mass is 16.5. The van der Waals surface area contributed by atoms with Gasteiger partial charge in [0, 0.05) is 11.1 Å². The van der Waals surface area contributed by atoms with Crippen LogP contribution in [0.5, 0.6) is 5.75 Å². The number of Topliss-reactive ketones (excluding diaryl/α,β-unsaturated/α-hetero) is 1. The lowest BCUT2D eigenvalue weighted by atomic mass is 9.95. The minimum Gasteiger partial charge on any atom is -0.496 e. The Morgan fingerprint density at radius 1 is 1.25 bits per heavy atom. The summed E-state index contributed by atoms with van der Waals surface area (Å²) < 4.78 is 10.4. The normalized spacial score (nSPS) is 18.8. The van der Waals surface area contributed by atoms with Crippen molar-refractivity contribution in [2.75, 3.05) is 13.7 Å². The van der Waals surface area contributed by atoms with Gasteiger partial charge < -0.3 is 14.8 Å². The number of carbonyl (C=O) groups is 4. The van der Waals surface area contributed by atoms with Gasteiger partial charge in [0.05, 0.1) is 7.11 Å². The van der Waals surface area contributed by atoms with Crippen molar-refractivity contribution in [1.82, 2.24) is 10.2 Å². The summed E-state index contributed by atoms with van der Waals surface area (Å²) in [6, 6.07) is 4.23. The number of hydrogen-bond acceptors (Lipinski definition) is 6. The van der Waals surface area contributed by atoms with Gasteiger partial charge in [0.15, 0.2) is 5.78 Å². The van der Waals surface area contributed by atoms with Crippen molar-refractivity contribution in [1.29, 1.82) is 0 Å². The minimum absolute atomic E-state index is 0.124. The Kier molecular flexibility index (Phi) is 6.77. The Hall–Kier alpha value is -2.90. The minimum atomic E-state index is -0.994. The largest absolute Gasteiger partial charge is 0.496 e. The molecule has 1 aromatic rings. The topological polar surface area (TPSA) is 102 Å². The first-order valence-corrected chi connectivity index (χ1v) is 9.19. The number of unbranched alkanes of at least 4 members (excludes halogenated alkanes) is 1. The molecular weight excluding hydrogens is 364 g/mol. The second-order valence-corrected chi connectivity index (χ2v) is 7.00. The van der Waals surface area contributed by atoms with Crippen molar-refractivity contribution in [3.63, 3.8) is 0 Å². The third-order valence-electron chi connectivity index (χ3n) is 4.74. The zero-order chi connectivity index (χ0) is 20.9. The lowest BCUT2D eigenvalue weighted by Gasteiger charge is -2.21. The highest BCUT2D eigenvalue weighted by molar-refractivity contribution is 6.08. The van der Waals surface area contributed by atoms with E-state index in [9.17, 15) is 19.2 Å². The van der Waals surface area contributed by atoms with Crippen molar-refractivity contribution in [2.45, 2.75) is 52.2 Å². The van der Waals surface area contributed by atoms with Crippen LogP contribution in [-0.2, 0) is 20.9 Å². The Labute approximate surface area is 164 Å². The van der Waals surface area contributed by atoms with Crippen LogP contribution >= 0.6 is 0 Å². The van der Waals surface area contributed by atoms with Gasteiger partial charge in [-0.1, -0.05) is 19.8 Å². The third kappa shape index (κ3) is 4.68. The highest BCUT2D eigenvalue weighted by Gasteiger charge is 2.47. The van der Waals surface area contributed by atoms with Crippen LogP contribution in [0.2, 0.25) is 0 Å². The first kappa shape index (κ1) is 21.4. The standard InChI is InChI=1S/C20H26N2O6/c1-5-6-9-20(3)18(25)22(19(26)21-20)11-17(24)28-12-15-10-14(13(2)23)7-8-16(15)27-4/h7-8,10H,5-6,9,11-12H2,1-4H3,(H,21,26)/t20-/m0/s1. The fourth-order valence-corrected chi connectivity index (χ4v) is 3.03. The number of urea groups is 1. The number of carbonyl (C=O) groups excluding carboxylic acids is 4. The van der Waals surface area contributed by atoms with Crippen LogP contribution in [0.4, 0.5) is 4.79 Å². The van der Waals surface area contributed by atoms with Gasteiger partial charge in [-0.05, 0) is 38.5 Å². The van der Waals surface area contributed by atoms with Crippen LogP contribution in [0.1, 0.15) is 56.0 Å². The van der Waals surface area contributed by atoms with Gasteiger partial charge in [-0.25, -0.2) is 4.79 Å². The Bertz CT molecular complexity index is 791. The molecule has 1 aromatic carbocycles. The fraction of sp³-hybridized carbons (Fsp3) is 0.500. The molecule has 3 amide bonds. The van der Waals surface area contributed by atoms with Crippen LogP contribution in [0.15, 0.2) is 18.2 Å². The molecule has 0 bridgehead atoms. The summed E-state index contributed by atoms with van der Waals surface area (Å²) in [7, 11) is 1.47. The Balaban J connectivity index is 2.01. The predicted molar refractivity (Wildman–Crippen MR) is 101 cm³/mol. The average molecular weight is 390 g/mol. The molecule has 0 saturated carbocycles. The lowest BCUT2D eigenvalue weighted by Crippen LogP contribution is -2.44. The summed E-state index contributed by atoms with van der Waals surface area (Å²) in [6.45, 7) is 4.48. The number of rotatable bonds is 9. The van der Waals surface area contributed by atoms with E-state index in [-0.39, 0.29) is 12.4 Å². The summed E-state index contributed by atoms with van der Waals surface area (Å²) in [5, 5.41) is 2.65. The van der Waals surface area contributed by atoms with Gasteiger partial charge in [-0.15, -0.1) is 0 Å². The van der Waals surface area contributed by atoms with Crippen LogP contribution in [0.25, 0.3) is 0 Å². The molecule has 0 radical (unpaired) electrons. The maximum Gasteiger partial charge on any atom is 0.326 e. The summed E-state index contributed by atoms with van der Waals surface area (Å²) in [4.78, 5) is 49.3. The van der Waals surface area contributed by atoms with Crippen LogP contribution < -0.4 is 10.1 Å². The second kappa shape index (κ2) is 8.86. The van der Waals surface area contributed by atoms with Crippen molar-refractivity contribution >= 4 is 23.7 Å². The van der Waals surface area contributed by atoms with Crippen molar-refractivity contribution in [3.8, 4) is 5.75 Å². The molecule has 2 rings (SSSR count). The molecule has 0 aliphatic carbocycles. The van der Waals surface area contributed by atoms with E-state index in [0.29, 0.717) is 23.3 Å². The second-order valence-electron chi connectivity index (χ2n) is 7.00. The van der Waals surface area contributed by atoms with Gasteiger partial charge in [0.25, 0.3) is 5.91 Å². The number of hydrogen-bond donors (Lipinski definition) is 1. The van der Waals surface area contributed by atoms with Crippen molar-refractivity contribution in [2.24, 2.45) is 0 Å². The molecule has 152 valence electrons. The first-order valence-electron chi connectivity index (χ1n) is 9.19. The zero-order valence-corrected chi connectivity index (χ0v) is 16.7. The molecule has 1 N–H and O–H groups in total. The monoisotopic (exact) mass is 390 g/mol. The third-order valence-corrected chi connectivity index (χ3v) is 4.74. The Morgan fingerprint density at radius 2 is 1.96 bits per heavy atom. The number of methoxy groups -OCH3 is 1. The molecule has 8 heteroatoms. The van der Waals surface area contributed by atoms with Gasteiger partial charge in [-0.2, -0.15) is 0 Å². The average Bonchev–Trinajstić information content (AvgIpc) is 2.87. The summed E-state index contributed by atoms with van der Waals surface area (Å²) in [6.07, 6.45) is 2.18. The van der Waals surface area contributed by atoms with E-state index < -0.39 is 30.0 Å². The number of benzene rings is 1. The summed E-state index contributed by atoms with van der Waals surface area (Å²) >= 11 is 0. The molecule has 1 fully saturated rings. The molecule has 1 heterocycles. The fourth-order valence-electron chi connectivity index (χ4n) is 3.03. The number of nitrogens with one attached hydrogen (secondary N) is 1.